The zero-order chi connectivity index (χ0) is 8.85. The first-order chi connectivity index (χ1) is 5.17. The number of methoxy groups -OCH3 is 1. The van der Waals surface area contributed by atoms with E-state index < -0.39 is 0 Å². The van der Waals surface area contributed by atoms with Crippen molar-refractivity contribution in [2.24, 2.45) is 5.92 Å². The van der Waals surface area contributed by atoms with Crippen molar-refractivity contribution in [1.82, 2.24) is 5.32 Å². The lowest BCUT2D eigenvalue weighted by molar-refractivity contribution is 0.245. The highest BCUT2D eigenvalue weighted by molar-refractivity contribution is 5.07. The third kappa shape index (κ3) is 2.83. The number of hydrogen-bond donors (Lipinski definition) is 1. The van der Waals surface area contributed by atoms with Crippen LogP contribution in [0.15, 0.2) is 11.5 Å². The average Bonchev–Trinajstić information content (AvgIpc) is 1.99. The molecule has 0 radical (unpaired) electrons. The molecule has 0 aliphatic carbocycles. The van der Waals surface area contributed by atoms with Gasteiger partial charge < -0.3 is 10.1 Å². The van der Waals surface area contributed by atoms with Crippen LogP contribution in [-0.4, -0.2) is 14.2 Å². The molecule has 0 saturated carbocycles. The lowest BCUT2D eigenvalue weighted by Crippen LogP contribution is -2.12. The van der Waals surface area contributed by atoms with Gasteiger partial charge in [-0.3, -0.25) is 0 Å². The van der Waals surface area contributed by atoms with Crippen molar-refractivity contribution in [2.75, 3.05) is 14.2 Å². The number of rotatable bonds is 4. The van der Waals surface area contributed by atoms with E-state index in [1.165, 1.54) is 5.70 Å². The lowest BCUT2D eigenvalue weighted by atomic mass is 10.1. The summed E-state index contributed by atoms with van der Waals surface area (Å²) in [6.07, 6.45) is 0.998. The molecule has 11 heavy (non-hydrogen) atoms. The second-order valence-corrected chi connectivity index (χ2v) is 2.81. The topological polar surface area (TPSA) is 21.3 Å². The Kier molecular flexibility index (Phi) is 4.75. The number of nitrogens with one attached hydrogen (secondary N) is 1. The van der Waals surface area contributed by atoms with Crippen LogP contribution < -0.4 is 5.32 Å². The van der Waals surface area contributed by atoms with Gasteiger partial charge in [0.1, 0.15) is 5.76 Å². The standard InChI is InChI=1S/C9H19NO/c1-6-8(10-4)9(11-5)7(2)3/h7,10H,6H2,1-5H3. The van der Waals surface area contributed by atoms with Crippen molar-refractivity contribution in [3.8, 4) is 0 Å². The molecule has 0 spiro atoms. The van der Waals surface area contributed by atoms with Crippen LogP contribution in [0, 0.1) is 5.92 Å². The molecule has 0 unspecified atom stereocenters. The second-order valence-electron chi connectivity index (χ2n) is 2.81. The molecule has 0 amide bonds. The van der Waals surface area contributed by atoms with E-state index in [0.717, 1.165) is 12.2 Å². The molecule has 0 aromatic heterocycles. The van der Waals surface area contributed by atoms with Crippen LogP contribution in [-0.2, 0) is 4.74 Å². The molecule has 0 saturated heterocycles. The first-order valence-corrected chi connectivity index (χ1v) is 4.12. The Morgan fingerprint density at radius 2 is 2.00 bits per heavy atom. The Bertz CT molecular complexity index is 132. The largest absolute Gasteiger partial charge is 0.499 e. The monoisotopic (exact) mass is 157 g/mol. The fraction of sp³-hybridized carbons (Fsp3) is 0.778. The van der Waals surface area contributed by atoms with Gasteiger partial charge in [-0.05, 0) is 6.42 Å². The summed E-state index contributed by atoms with van der Waals surface area (Å²) in [6.45, 7) is 6.38. The van der Waals surface area contributed by atoms with Crippen LogP contribution >= 0.6 is 0 Å². The minimum absolute atomic E-state index is 0.461. The van der Waals surface area contributed by atoms with E-state index in [4.69, 9.17) is 4.74 Å². The Morgan fingerprint density at radius 1 is 1.45 bits per heavy atom. The smallest absolute Gasteiger partial charge is 0.117 e. The predicted molar refractivity (Wildman–Crippen MR) is 48.2 cm³/mol. The summed E-state index contributed by atoms with van der Waals surface area (Å²) >= 11 is 0. The molecular weight excluding hydrogens is 138 g/mol. The van der Waals surface area contributed by atoms with Gasteiger partial charge in [-0.2, -0.15) is 0 Å². The first-order valence-electron chi connectivity index (χ1n) is 4.12. The van der Waals surface area contributed by atoms with Crippen LogP contribution in [0.5, 0.6) is 0 Å². The molecule has 0 atom stereocenters. The van der Waals surface area contributed by atoms with Gasteiger partial charge in [-0.25, -0.2) is 0 Å². The minimum atomic E-state index is 0.461. The zero-order valence-electron chi connectivity index (χ0n) is 8.19. The Morgan fingerprint density at radius 3 is 2.09 bits per heavy atom. The zero-order valence-corrected chi connectivity index (χ0v) is 8.19. The maximum Gasteiger partial charge on any atom is 0.117 e. The van der Waals surface area contributed by atoms with Crippen LogP contribution in [0.2, 0.25) is 0 Å². The highest BCUT2D eigenvalue weighted by atomic mass is 16.5. The van der Waals surface area contributed by atoms with Crippen molar-refractivity contribution in [1.29, 1.82) is 0 Å². The SMILES string of the molecule is CCC(NC)=C(OC)C(C)C. The van der Waals surface area contributed by atoms with Gasteiger partial charge in [0.25, 0.3) is 0 Å². The molecule has 0 rings (SSSR count). The highest BCUT2D eigenvalue weighted by Gasteiger charge is 2.07. The number of allylic oxidation sites excluding steroid dienone is 2. The molecule has 0 aromatic carbocycles. The highest BCUT2D eigenvalue weighted by Crippen LogP contribution is 2.15. The predicted octanol–water partition coefficient (Wildman–Crippen LogP) is 2.13. The molecule has 0 heterocycles. The first kappa shape index (κ1) is 10.3. The van der Waals surface area contributed by atoms with Crippen LogP contribution in [0.25, 0.3) is 0 Å². The third-order valence-electron chi connectivity index (χ3n) is 1.70. The summed E-state index contributed by atoms with van der Waals surface area (Å²) in [5.41, 5.74) is 1.20. The van der Waals surface area contributed by atoms with Crippen LogP contribution in [0.1, 0.15) is 27.2 Å². The average molecular weight is 157 g/mol. The Hall–Kier alpha value is -0.660. The maximum absolute atomic E-state index is 5.27. The van der Waals surface area contributed by atoms with E-state index in [1.807, 2.05) is 7.05 Å². The molecule has 1 N–H and O–H groups in total. The summed E-state index contributed by atoms with van der Waals surface area (Å²) in [5.74, 6) is 1.53. The Labute approximate surface area is 69.6 Å². The molecular formula is C9H19NO. The fourth-order valence-electron chi connectivity index (χ4n) is 1.18. The van der Waals surface area contributed by atoms with Crippen LogP contribution in [0.4, 0.5) is 0 Å². The molecule has 0 bridgehead atoms. The van der Waals surface area contributed by atoms with Gasteiger partial charge in [0.05, 0.1) is 7.11 Å². The van der Waals surface area contributed by atoms with Crippen molar-refractivity contribution >= 4 is 0 Å². The van der Waals surface area contributed by atoms with Crippen molar-refractivity contribution in [2.45, 2.75) is 27.2 Å². The van der Waals surface area contributed by atoms with E-state index in [1.54, 1.807) is 7.11 Å². The molecule has 2 heteroatoms. The van der Waals surface area contributed by atoms with E-state index in [9.17, 15) is 0 Å². The van der Waals surface area contributed by atoms with Gasteiger partial charge in [0.15, 0.2) is 0 Å². The molecule has 0 fully saturated rings. The third-order valence-corrected chi connectivity index (χ3v) is 1.70. The summed E-state index contributed by atoms with van der Waals surface area (Å²) in [4.78, 5) is 0. The summed E-state index contributed by atoms with van der Waals surface area (Å²) in [7, 11) is 3.66. The lowest BCUT2D eigenvalue weighted by Gasteiger charge is -2.15. The molecule has 0 aliphatic rings. The van der Waals surface area contributed by atoms with Crippen LogP contribution in [0.3, 0.4) is 0 Å². The molecule has 0 aliphatic heterocycles. The maximum atomic E-state index is 5.27. The summed E-state index contributed by atoms with van der Waals surface area (Å²) < 4.78 is 5.27. The summed E-state index contributed by atoms with van der Waals surface area (Å²) in [6, 6.07) is 0. The van der Waals surface area contributed by atoms with Gasteiger partial charge in [-0.1, -0.05) is 20.8 Å². The normalized spacial score (nSPS) is 12.9. The summed E-state index contributed by atoms with van der Waals surface area (Å²) in [5, 5.41) is 3.14. The molecule has 2 nitrogen and oxygen atoms in total. The van der Waals surface area contributed by atoms with Gasteiger partial charge in [0, 0.05) is 18.7 Å². The van der Waals surface area contributed by atoms with E-state index in [-0.39, 0.29) is 0 Å². The Balaban J connectivity index is 4.48. The van der Waals surface area contributed by atoms with Crippen molar-refractivity contribution in [3.63, 3.8) is 0 Å². The van der Waals surface area contributed by atoms with Gasteiger partial charge >= 0.3 is 0 Å². The van der Waals surface area contributed by atoms with Crippen molar-refractivity contribution in [3.05, 3.63) is 11.5 Å². The van der Waals surface area contributed by atoms with E-state index in [0.29, 0.717) is 5.92 Å². The quantitative estimate of drug-likeness (QED) is 0.631. The minimum Gasteiger partial charge on any atom is -0.499 e. The number of hydrogen-bond acceptors (Lipinski definition) is 2. The molecule has 0 aromatic rings. The van der Waals surface area contributed by atoms with Gasteiger partial charge in [0.2, 0.25) is 0 Å². The fourth-order valence-corrected chi connectivity index (χ4v) is 1.18. The number of ether oxygens (including phenoxy) is 1. The van der Waals surface area contributed by atoms with Crippen molar-refractivity contribution < 1.29 is 4.74 Å². The van der Waals surface area contributed by atoms with E-state index >= 15 is 0 Å². The van der Waals surface area contributed by atoms with E-state index in [2.05, 4.69) is 26.1 Å². The van der Waals surface area contributed by atoms with Gasteiger partial charge in [-0.15, -0.1) is 0 Å². The molecule has 66 valence electrons. The second kappa shape index (κ2) is 5.05.